The molecule has 0 bridgehead atoms. The van der Waals surface area contributed by atoms with Crippen molar-refractivity contribution in [3.8, 4) is 5.75 Å². The minimum atomic E-state index is -1.25. The van der Waals surface area contributed by atoms with E-state index in [1.54, 1.807) is 6.07 Å². The Morgan fingerprint density at radius 2 is 1.59 bits per heavy atom. The van der Waals surface area contributed by atoms with Gasteiger partial charge < -0.3 is 5.11 Å². The third kappa shape index (κ3) is 9.78. The zero-order valence-electron chi connectivity index (χ0n) is 10.6. The molecular weight excluding hydrogens is 298 g/mol. The van der Waals surface area contributed by atoms with Crippen LogP contribution in [0.25, 0.3) is 0 Å². The van der Waals surface area contributed by atoms with E-state index in [1.807, 2.05) is 13.0 Å². The number of rotatable bonds is 0. The Balaban J connectivity index is -0.000000356. The summed E-state index contributed by atoms with van der Waals surface area (Å²) in [4.78, 5) is 2.94. The molecule has 0 amide bonds. The number of halogens is 3. The van der Waals surface area contributed by atoms with Gasteiger partial charge in [-0.1, -0.05) is 26.8 Å². The van der Waals surface area contributed by atoms with Crippen molar-refractivity contribution in [1.29, 1.82) is 0 Å². The van der Waals surface area contributed by atoms with Crippen LogP contribution in [0.1, 0.15) is 31.9 Å². The van der Waals surface area contributed by atoms with E-state index in [2.05, 4.69) is 31.7 Å². The van der Waals surface area contributed by atoms with E-state index in [4.69, 9.17) is 0 Å². The topological polar surface area (TPSA) is 20.2 Å². The molecule has 1 N–H and O–H groups in total. The molecule has 0 aromatic heterocycles. The molecule has 0 spiro atoms. The monoisotopic (exact) mass is 317 g/mol. The third-order valence-corrected chi connectivity index (χ3v) is 1.93. The van der Waals surface area contributed by atoms with Crippen molar-refractivity contribution < 1.29 is 27.4 Å². The van der Waals surface area contributed by atoms with Gasteiger partial charge in [-0.15, -0.1) is 24.8 Å². The zero-order valence-corrected chi connectivity index (χ0v) is 13.8. The van der Waals surface area contributed by atoms with Crippen LogP contribution in [0.5, 0.6) is 5.75 Å². The molecule has 0 aliphatic heterocycles. The van der Waals surface area contributed by atoms with Gasteiger partial charge in [-0.2, -0.15) is 0 Å². The molecule has 99 valence electrons. The normalized spacial score (nSPS) is 8.76. The Bertz CT molecular complexity index is 318. The van der Waals surface area contributed by atoms with Crippen LogP contribution in [0, 0.1) is 6.92 Å². The second-order valence-corrected chi connectivity index (χ2v) is 4.86. The van der Waals surface area contributed by atoms with Crippen molar-refractivity contribution in [2.75, 3.05) is 0 Å². The summed E-state index contributed by atoms with van der Waals surface area (Å²) >= 11 is -1.25. The summed E-state index contributed by atoms with van der Waals surface area (Å²) < 4.78 is 10.3. The molecule has 17 heavy (non-hydrogen) atoms. The summed E-state index contributed by atoms with van der Waals surface area (Å²) in [5.74, 6) is 0.361. The van der Waals surface area contributed by atoms with Gasteiger partial charge in [-0.05, 0) is 35.6 Å². The van der Waals surface area contributed by atoms with Crippen molar-refractivity contribution in [1.82, 2.24) is 0 Å². The van der Waals surface area contributed by atoms with Gasteiger partial charge in [-0.25, -0.2) is 0 Å². The summed E-state index contributed by atoms with van der Waals surface area (Å²) in [6.07, 6.45) is 0. The molecule has 1 rings (SSSR count). The molecule has 1 nitrogen and oxygen atoms in total. The average molecular weight is 318 g/mol. The summed E-state index contributed by atoms with van der Waals surface area (Å²) in [7, 11) is 0. The van der Waals surface area contributed by atoms with E-state index < -0.39 is 19.2 Å². The van der Waals surface area contributed by atoms with Crippen LogP contribution in [0.3, 0.4) is 0 Å². The van der Waals surface area contributed by atoms with E-state index in [0.717, 1.165) is 5.56 Å². The second-order valence-electron chi connectivity index (χ2n) is 4.44. The first kappa shape index (κ1) is 22.3. The van der Waals surface area contributed by atoms with Gasteiger partial charge in [0.05, 0.1) is 0 Å². The van der Waals surface area contributed by atoms with Crippen molar-refractivity contribution >= 4 is 29.6 Å². The van der Waals surface area contributed by atoms with Crippen LogP contribution < -0.4 is 0 Å². The fourth-order valence-corrected chi connectivity index (χ4v) is 1.20. The molecule has 5 heteroatoms. The van der Waals surface area contributed by atoms with Crippen LogP contribution in [0.2, 0.25) is 0 Å². The number of benzene rings is 1. The molecule has 0 heterocycles. The van der Waals surface area contributed by atoms with Crippen LogP contribution in [-0.2, 0) is 24.6 Å². The molecule has 0 saturated heterocycles. The summed E-state index contributed by atoms with van der Waals surface area (Å²) in [5, 5.41) is 9.36. The number of hydrogen-bond donors (Lipinski definition) is 1. The number of phenols is 1. The standard InChI is InChI=1S/C11H16O.CH2.2ClH.FH.Ti/c1-8-5-9(11(2,3)4)7-10(12)6-8;;;;;/h5-7,12H,1-4H3;1H2;3*1H;/q;;;;;+1/p-1. The average Bonchev–Trinajstić information content (AvgIpc) is 2.01. The molecular formula is C12H20Cl2FOTi. The molecule has 1 aromatic rings. The number of aromatic hydroxyl groups is 1. The first-order valence-electron chi connectivity index (χ1n) is 4.75. The predicted octanol–water partition coefficient (Wildman–Crippen LogP) is 4.23. The van der Waals surface area contributed by atoms with Gasteiger partial charge >= 0.3 is 27.1 Å². The maximum atomic E-state index is 10.3. The van der Waals surface area contributed by atoms with Crippen LogP contribution in [0.15, 0.2) is 18.2 Å². The number of hydrogen-bond acceptors (Lipinski definition) is 1. The van der Waals surface area contributed by atoms with Gasteiger partial charge in [-0.3, -0.25) is 0 Å². The first-order valence-corrected chi connectivity index (χ1v) is 6.44. The summed E-state index contributed by atoms with van der Waals surface area (Å²) in [6.45, 7) is 8.42. The van der Waals surface area contributed by atoms with E-state index in [0.29, 0.717) is 5.75 Å². The molecule has 1 aromatic carbocycles. The Morgan fingerprint density at radius 1 is 1.18 bits per heavy atom. The predicted molar refractivity (Wildman–Crippen MR) is 74.3 cm³/mol. The number of aryl methyl sites for hydroxylation is 1. The van der Waals surface area contributed by atoms with Crippen molar-refractivity contribution in [3.05, 3.63) is 29.3 Å². The fraction of sp³-hybridized carbons (Fsp3) is 0.417. The van der Waals surface area contributed by atoms with Crippen LogP contribution >= 0.6 is 24.8 Å². The third-order valence-electron chi connectivity index (χ3n) is 1.93. The molecule has 0 fully saturated rings. The maximum absolute atomic E-state index is 10.3. The van der Waals surface area contributed by atoms with Crippen molar-refractivity contribution in [3.63, 3.8) is 0 Å². The van der Waals surface area contributed by atoms with E-state index in [1.165, 1.54) is 5.56 Å². The minimum absolute atomic E-state index is 0. The summed E-state index contributed by atoms with van der Waals surface area (Å²) in [5.41, 5.74) is 2.41. The second kappa shape index (κ2) is 10.1. The Morgan fingerprint density at radius 3 is 1.88 bits per heavy atom. The SMILES string of the molecule is Cc1cc(O)cc(C(C)(C)C)c1.Cl.Cl.[CH2]=[Ti][F]. The quantitative estimate of drug-likeness (QED) is 0.710. The molecule has 0 aliphatic carbocycles. The molecule has 0 atom stereocenters. The Kier molecular flexibility index (Phi) is 13.2. The van der Waals surface area contributed by atoms with Gasteiger partial charge in [0.1, 0.15) is 5.75 Å². The first-order chi connectivity index (χ1) is 6.81. The van der Waals surface area contributed by atoms with Gasteiger partial charge in [0.15, 0.2) is 0 Å². The van der Waals surface area contributed by atoms with Gasteiger partial charge in [0.2, 0.25) is 0 Å². The number of phenolic OH excluding ortho intramolecular Hbond substituents is 1. The summed E-state index contributed by atoms with van der Waals surface area (Å²) in [6, 6.07) is 5.71. The van der Waals surface area contributed by atoms with Crippen LogP contribution in [0.4, 0.5) is 3.09 Å². The Labute approximate surface area is 125 Å². The van der Waals surface area contributed by atoms with Gasteiger partial charge in [0.25, 0.3) is 0 Å². The fourth-order valence-electron chi connectivity index (χ4n) is 1.20. The Hall–Kier alpha value is 0.114. The van der Waals surface area contributed by atoms with Gasteiger partial charge in [0, 0.05) is 0 Å². The molecule has 0 unspecified atom stereocenters. The molecule has 0 saturated carbocycles. The molecule has 0 radical (unpaired) electrons. The van der Waals surface area contributed by atoms with E-state index in [-0.39, 0.29) is 30.2 Å². The van der Waals surface area contributed by atoms with E-state index in [9.17, 15) is 8.20 Å². The van der Waals surface area contributed by atoms with Crippen molar-refractivity contribution in [2.45, 2.75) is 33.1 Å². The zero-order chi connectivity index (χ0) is 12.1. The molecule has 0 aliphatic rings. The van der Waals surface area contributed by atoms with E-state index >= 15 is 0 Å². The van der Waals surface area contributed by atoms with Crippen molar-refractivity contribution in [2.24, 2.45) is 0 Å². The van der Waals surface area contributed by atoms with Crippen LogP contribution in [-0.4, -0.2) is 9.92 Å².